The van der Waals surface area contributed by atoms with Gasteiger partial charge in [0.15, 0.2) is 5.69 Å². The molecule has 0 unspecified atom stereocenters. The number of amides is 1. The van der Waals surface area contributed by atoms with Gasteiger partial charge in [-0.05, 0) is 55.7 Å². The van der Waals surface area contributed by atoms with Crippen LogP contribution in [0, 0.1) is 20.8 Å². The molecule has 1 heterocycles. The second-order valence-corrected chi connectivity index (χ2v) is 5.89. The van der Waals surface area contributed by atoms with Crippen molar-refractivity contribution in [2.45, 2.75) is 20.8 Å². The predicted molar refractivity (Wildman–Crippen MR) is 94.9 cm³/mol. The third-order valence-electron chi connectivity index (χ3n) is 4.22. The van der Waals surface area contributed by atoms with Crippen molar-refractivity contribution in [3.05, 3.63) is 70.9 Å². The van der Waals surface area contributed by atoms with Crippen LogP contribution in [0.1, 0.15) is 27.2 Å². The van der Waals surface area contributed by atoms with Gasteiger partial charge >= 0.3 is 0 Å². The van der Waals surface area contributed by atoms with Crippen molar-refractivity contribution in [1.29, 1.82) is 0 Å². The Balaban J connectivity index is 2.23. The summed E-state index contributed by atoms with van der Waals surface area (Å²) in [6.45, 7) is 6.16. The predicted octanol–water partition coefficient (Wildman–Crippen LogP) is 3.07. The van der Waals surface area contributed by atoms with E-state index in [0.29, 0.717) is 0 Å². The summed E-state index contributed by atoms with van der Waals surface area (Å²) in [6.07, 6.45) is 0. The molecule has 0 aliphatic heterocycles. The highest BCUT2D eigenvalue weighted by atomic mass is 16.2. The van der Waals surface area contributed by atoms with Crippen molar-refractivity contribution in [2.24, 2.45) is 5.84 Å². The highest BCUT2D eigenvalue weighted by Gasteiger charge is 2.17. The zero-order valence-electron chi connectivity index (χ0n) is 14.0. The van der Waals surface area contributed by atoms with Gasteiger partial charge < -0.3 is 0 Å². The van der Waals surface area contributed by atoms with Crippen molar-refractivity contribution in [3.63, 3.8) is 0 Å². The highest BCUT2D eigenvalue weighted by Crippen LogP contribution is 2.27. The molecule has 2 aromatic carbocycles. The number of para-hydroxylation sites is 1. The lowest BCUT2D eigenvalue weighted by molar-refractivity contribution is 0.0948. The number of nitrogen functional groups attached to an aromatic ring is 1. The SMILES string of the molecule is Cc1ccc(-c2cc(C(=O)NN)nn2-c2ccccc2C)cc1C. The van der Waals surface area contributed by atoms with Crippen LogP contribution in [0.3, 0.4) is 0 Å². The summed E-state index contributed by atoms with van der Waals surface area (Å²) in [6, 6.07) is 15.9. The Morgan fingerprint density at radius 1 is 1.00 bits per heavy atom. The van der Waals surface area contributed by atoms with E-state index in [2.05, 4.69) is 36.5 Å². The number of hydrogen-bond donors (Lipinski definition) is 2. The van der Waals surface area contributed by atoms with Crippen LogP contribution in [-0.4, -0.2) is 15.7 Å². The summed E-state index contributed by atoms with van der Waals surface area (Å²) >= 11 is 0. The van der Waals surface area contributed by atoms with Crippen LogP contribution < -0.4 is 11.3 Å². The first-order valence-electron chi connectivity index (χ1n) is 7.76. The summed E-state index contributed by atoms with van der Waals surface area (Å²) in [7, 11) is 0. The third-order valence-corrected chi connectivity index (χ3v) is 4.22. The number of hydrazine groups is 1. The molecule has 3 N–H and O–H groups in total. The molecule has 0 fully saturated rings. The minimum atomic E-state index is -0.410. The second kappa shape index (κ2) is 6.29. The van der Waals surface area contributed by atoms with Gasteiger partial charge in [-0.15, -0.1) is 0 Å². The zero-order chi connectivity index (χ0) is 17.3. The Labute approximate surface area is 141 Å². The second-order valence-electron chi connectivity index (χ2n) is 5.89. The van der Waals surface area contributed by atoms with Crippen LogP contribution >= 0.6 is 0 Å². The van der Waals surface area contributed by atoms with E-state index >= 15 is 0 Å². The summed E-state index contributed by atoms with van der Waals surface area (Å²) in [5.74, 6) is 4.86. The molecule has 0 aliphatic carbocycles. The topological polar surface area (TPSA) is 72.9 Å². The lowest BCUT2D eigenvalue weighted by Crippen LogP contribution is -2.30. The lowest BCUT2D eigenvalue weighted by atomic mass is 10.0. The molecule has 24 heavy (non-hydrogen) atoms. The van der Waals surface area contributed by atoms with Crippen molar-refractivity contribution in [1.82, 2.24) is 15.2 Å². The number of aromatic nitrogens is 2. The maximum Gasteiger partial charge on any atom is 0.285 e. The molecular weight excluding hydrogens is 300 g/mol. The molecule has 0 aliphatic rings. The van der Waals surface area contributed by atoms with E-state index in [0.717, 1.165) is 22.5 Å². The van der Waals surface area contributed by atoms with E-state index in [9.17, 15) is 4.79 Å². The summed E-state index contributed by atoms with van der Waals surface area (Å²) in [4.78, 5) is 11.9. The van der Waals surface area contributed by atoms with Crippen LogP contribution in [0.2, 0.25) is 0 Å². The fraction of sp³-hybridized carbons (Fsp3) is 0.158. The first kappa shape index (κ1) is 16.0. The maximum atomic E-state index is 11.9. The Morgan fingerprint density at radius 2 is 1.75 bits per heavy atom. The molecule has 3 aromatic rings. The quantitative estimate of drug-likeness (QED) is 0.442. The molecule has 5 nitrogen and oxygen atoms in total. The molecule has 0 saturated heterocycles. The number of carbonyl (C=O) groups is 1. The van der Waals surface area contributed by atoms with E-state index in [-0.39, 0.29) is 5.69 Å². The van der Waals surface area contributed by atoms with Gasteiger partial charge in [0.1, 0.15) is 0 Å². The van der Waals surface area contributed by atoms with Gasteiger partial charge in [0.05, 0.1) is 11.4 Å². The zero-order valence-corrected chi connectivity index (χ0v) is 14.0. The summed E-state index contributed by atoms with van der Waals surface area (Å²) < 4.78 is 1.80. The number of benzene rings is 2. The Bertz CT molecular complexity index is 911. The first-order chi connectivity index (χ1) is 11.5. The molecule has 0 radical (unpaired) electrons. The van der Waals surface area contributed by atoms with Gasteiger partial charge in [-0.25, -0.2) is 10.5 Å². The molecule has 0 saturated carbocycles. The normalized spacial score (nSPS) is 10.7. The minimum absolute atomic E-state index is 0.286. The number of carbonyl (C=O) groups excluding carboxylic acids is 1. The Morgan fingerprint density at radius 3 is 2.42 bits per heavy atom. The molecule has 5 heteroatoms. The number of hydrogen-bond acceptors (Lipinski definition) is 3. The first-order valence-corrected chi connectivity index (χ1v) is 7.76. The Kier molecular flexibility index (Phi) is 4.18. The molecular formula is C19H20N4O. The fourth-order valence-electron chi connectivity index (χ4n) is 2.66. The maximum absolute atomic E-state index is 11.9. The fourth-order valence-corrected chi connectivity index (χ4v) is 2.66. The minimum Gasteiger partial charge on any atom is -0.289 e. The van der Waals surface area contributed by atoms with Crippen molar-refractivity contribution in [2.75, 3.05) is 0 Å². The average molecular weight is 320 g/mol. The van der Waals surface area contributed by atoms with Crippen LogP contribution in [-0.2, 0) is 0 Å². The smallest absolute Gasteiger partial charge is 0.285 e. The molecule has 1 aromatic heterocycles. The van der Waals surface area contributed by atoms with E-state index in [4.69, 9.17) is 5.84 Å². The van der Waals surface area contributed by atoms with Gasteiger partial charge in [0.25, 0.3) is 5.91 Å². The summed E-state index contributed by atoms with van der Waals surface area (Å²) in [5.41, 5.74) is 8.71. The van der Waals surface area contributed by atoms with Crippen LogP contribution in [0.15, 0.2) is 48.5 Å². The molecule has 0 spiro atoms. The van der Waals surface area contributed by atoms with Crippen LogP contribution in [0.25, 0.3) is 16.9 Å². The standard InChI is InChI=1S/C19H20N4O/c1-12-8-9-15(10-14(12)3)18-11-16(19(24)21-20)22-23(18)17-7-5-4-6-13(17)2/h4-11H,20H2,1-3H3,(H,21,24). The Hall–Kier alpha value is -2.92. The van der Waals surface area contributed by atoms with Crippen LogP contribution in [0.4, 0.5) is 0 Å². The number of nitrogens with zero attached hydrogens (tertiary/aromatic N) is 2. The molecule has 122 valence electrons. The van der Waals surface area contributed by atoms with Gasteiger partial charge in [0, 0.05) is 5.56 Å². The number of rotatable bonds is 3. The highest BCUT2D eigenvalue weighted by molar-refractivity contribution is 5.93. The number of aryl methyl sites for hydroxylation is 3. The molecule has 0 bridgehead atoms. The molecule has 1 amide bonds. The van der Waals surface area contributed by atoms with E-state index in [1.807, 2.05) is 37.3 Å². The largest absolute Gasteiger partial charge is 0.289 e. The molecule has 0 atom stereocenters. The summed E-state index contributed by atoms with van der Waals surface area (Å²) in [5, 5.41) is 4.47. The van der Waals surface area contributed by atoms with Gasteiger partial charge in [-0.2, -0.15) is 5.10 Å². The monoisotopic (exact) mass is 320 g/mol. The third kappa shape index (κ3) is 2.81. The number of nitrogens with two attached hydrogens (primary N) is 1. The average Bonchev–Trinajstić information content (AvgIpc) is 3.02. The molecule has 3 rings (SSSR count). The van der Waals surface area contributed by atoms with Gasteiger partial charge in [-0.3, -0.25) is 10.2 Å². The van der Waals surface area contributed by atoms with E-state index < -0.39 is 5.91 Å². The van der Waals surface area contributed by atoms with Crippen molar-refractivity contribution in [3.8, 4) is 16.9 Å². The number of nitrogens with one attached hydrogen (secondary N) is 1. The van der Waals surface area contributed by atoms with Crippen LogP contribution in [0.5, 0.6) is 0 Å². The lowest BCUT2D eigenvalue weighted by Gasteiger charge is -2.11. The van der Waals surface area contributed by atoms with Crippen molar-refractivity contribution >= 4 is 5.91 Å². The van der Waals surface area contributed by atoms with E-state index in [1.165, 1.54) is 11.1 Å². The van der Waals surface area contributed by atoms with Gasteiger partial charge in [-0.1, -0.05) is 30.3 Å². The van der Waals surface area contributed by atoms with Crippen molar-refractivity contribution < 1.29 is 4.79 Å². The van der Waals surface area contributed by atoms with Gasteiger partial charge in [0.2, 0.25) is 0 Å². The van der Waals surface area contributed by atoms with E-state index in [1.54, 1.807) is 10.7 Å².